The largest absolute Gasteiger partial charge is 0.297 e. The van der Waals surface area contributed by atoms with E-state index in [0.29, 0.717) is 11.3 Å². The summed E-state index contributed by atoms with van der Waals surface area (Å²) in [6.45, 7) is 0. The fraction of sp³-hybridized carbons (Fsp3) is 0. The summed E-state index contributed by atoms with van der Waals surface area (Å²) in [6.07, 6.45) is 6.61. The highest BCUT2D eigenvalue weighted by atomic mass is 19.1. The second kappa shape index (κ2) is 5.27. The summed E-state index contributed by atoms with van der Waals surface area (Å²) in [7, 11) is 0. The highest BCUT2D eigenvalue weighted by Crippen LogP contribution is 2.25. The Balaban J connectivity index is 1.88. The molecule has 7 nitrogen and oxygen atoms in total. The second-order valence-electron chi connectivity index (χ2n) is 5.14. The van der Waals surface area contributed by atoms with Gasteiger partial charge in [0.1, 0.15) is 11.5 Å². The first-order valence-electron chi connectivity index (χ1n) is 7.05. The van der Waals surface area contributed by atoms with E-state index in [1.54, 1.807) is 41.4 Å². The highest BCUT2D eigenvalue weighted by Gasteiger charge is 2.15. The number of hydrogen-bond donors (Lipinski definition) is 0. The molecule has 0 spiro atoms. The summed E-state index contributed by atoms with van der Waals surface area (Å²) in [5.74, 6) is -0.553. The lowest BCUT2D eigenvalue weighted by Gasteiger charge is -2.04. The van der Waals surface area contributed by atoms with Crippen molar-refractivity contribution in [3.8, 4) is 16.9 Å². The first-order valence-corrected chi connectivity index (χ1v) is 7.05. The molecule has 0 atom stereocenters. The van der Waals surface area contributed by atoms with Crippen LogP contribution in [0, 0.1) is 15.9 Å². The Morgan fingerprint density at radius 3 is 2.79 bits per heavy atom. The molecule has 3 aromatic heterocycles. The zero-order chi connectivity index (χ0) is 16.7. The van der Waals surface area contributed by atoms with E-state index < -0.39 is 10.7 Å². The van der Waals surface area contributed by atoms with E-state index >= 15 is 0 Å². The fourth-order valence-corrected chi connectivity index (χ4v) is 2.54. The molecule has 0 radical (unpaired) electrons. The van der Waals surface area contributed by atoms with Crippen LogP contribution in [0.25, 0.3) is 22.6 Å². The number of nitro groups is 1. The van der Waals surface area contributed by atoms with Gasteiger partial charge >= 0.3 is 0 Å². The monoisotopic (exact) mass is 323 g/mol. The first kappa shape index (κ1) is 14.1. The molecule has 4 aromatic rings. The maximum Gasteiger partial charge on any atom is 0.271 e. The van der Waals surface area contributed by atoms with Crippen LogP contribution in [0.15, 0.2) is 61.2 Å². The van der Waals surface area contributed by atoms with Gasteiger partial charge in [-0.05, 0) is 18.2 Å². The molecule has 0 aliphatic rings. The maximum absolute atomic E-state index is 14.2. The number of aromatic nitrogens is 4. The highest BCUT2D eigenvalue weighted by molar-refractivity contribution is 5.65. The molecule has 0 saturated heterocycles. The van der Waals surface area contributed by atoms with Gasteiger partial charge in [0.25, 0.3) is 5.69 Å². The third-order valence-electron chi connectivity index (χ3n) is 3.68. The van der Waals surface area contributed by atoms with E-state index in [9.17, 15) is 14.5 Å². The van der Waals surface area contributed by atoms with Crippen molar-refractivity contribution in [1.82, 2.24) is 19.2 Å². The van der Waals surface area contributed by atoms with E-state index in [0.717, 1.165) is 17.7 Å². The molecule has 24 heavy (non-hydrogen) atoms. The molecule has 3 heterocycles. The number of imidazole rings is 1. The van der Waals surface area contributed by atoms with Gasteiger partial charge < -0.3 is 0 Å². The summed E-state index contributed by atoms with van der Waals surface area (Å²) in [5, 5.41) is 15.4. The Morgan fingerprint density at radius 2 is 2.04 bits per heavy atom. The topological polar surface area (TPSA) is 78.3 Å². The standard InChI is InChI=1S/C16H10FN5O2/c17-13-4-3-12(22(23)24)8-15(13)20-6-7-21-16(20)9-14(19-21)11-2-1-5-18-10-11/h1-10H. The average molecular weight is 323 g/mol. The molecule has 0 aliphatic heterocycles. The molecular weight excluding hydrogens is 313 g/mol. The van der Waals surface area contributed by atoms with Gasteiger partial charge in [0, 0.05) is 48.5 Å². The van der Waals surface area contributed by atoms with Gasteiger partial charge in [0.2, 0.25) is 0 Å². The minimum absolute atomic E-state index is 0.0943. The molecule has 0 aliphatic carbocycles. The van der Waals surface area contributed by atoms with Gasteiger partial charge in [-0.15, -0.1) is 0 Å². The number of benzene rings is 1. The molecule has 1 aromatic carbocycles. The quantitative estimate of drug-likeness (QED) is 0.428. The van der Waals surface area contributed by atoms with Crippen molar-refractivity contribution >= 4 is 11.3 Å². The number of fused-ring (bicyclic) bond motifs is 1. The van der Waals surface area contributed by atoms with Gasteiger partial charge in [0.15, 0.2) is 0 Å². The third-order valence-corrected chi connectivity index (χ3v) is 3.68. The van der Waals surface area contributed by atoms with Crippen molar-refractivity contribution in [1.29, 1.82) is 0 Å². The van der Waals surface area contributed by atoms with Crippen molar-refractivity contribution < 1.29 is 9.31 Å². The van der Waals surface area contributed by atoms with E-state index in [1.165, 1.54) is 10.6 Å². The van der Waals surface area contributed by atoms with E-state index in [2.05, 4.69) is 10.1 Å². The van der Waals surface area contributed by atoms with Crippen molar-refractivity contribution in [2.24, 2.45) is 0 Å². The molecule has 0 N–H and O–H groups in total. The molecule has 0 fully saturated rings. The number of nitro benzene ring substituents is 1. The minimum Gasteiger partial charge on any atom is -0.297 e. The van der Waals surface area contributed by atoms with Gasteiger partial charge in [0.05, 0.1) is 16.3 Å². The predicted molar refractivity (Wildman–Crippen MR) is 84.4 cm³/mol. The molecular formula is C16H10FN5O2. The first-order chi connectivity index (χ1) is 11.6. The molecule has 0 bridgehead atoms. The lowest BCUT2D eigenvalue weighted by Crippen LogP contribution is -1.98. The molecule has 118 valence electrons. The SMILES string of the molecule is O=[N+]([O-])c1ccc(F)c(-n2ccn3nc(-c4cccnc4)cc23)c1. The van der Waals surface area contributed by atoms with Gasteiger partial charge in [-0.1, -0.05) is 0 Å². The van der Waals surface area contributed by atoms with E-state index in [4.69, 9.17) is 0 Å². The molecule has 0 amide bonds. The Hall–Kier alpha value is -3.55. The number of nitrogens with zero attached hydrogens (tertiary/aromatic N) is 5. The molecule has 8 heteroatoms. The van der Waals surface area contributed by atoms with Crippen LogP contribution < -0.4 is 0 Å². The summed E-state index contributed by atoms with van der Waals surface area (Å²) < 4.78 is 17.3. The normalized spacial score (nSPS) is 11.0. The number of rotatable bonds is 3. The zero-order valence-corrected chi connectivity index (χ0v) is 12.2. The lowest BCUT2D eigenvalue weighted by molar-refractivity contribution is -0.384. The fourth-order valence-electron chi connectivity index (χ4n) is 2.54. The Labute approximate surface area is 134 Å². The van der Waals surface area contributed by atoms with Gasteiger partial charge in [-0.3, -0.25) is 19.7 Å². The number of non-ortho nitro benzene ring substituents is 1. The van der Waals surface area contributed by atoms with Crippen LogP contribution in [0.1, 0.15) is 0 Å². The van der Waals surface area contributed by atoms with E-state index in [1.807, 2.05) is 6.07 Å². The molecule has 0 unspecified atom stereocenters. The van der Waals surface area contributed by atoms with Gasteiger partial charge in [-0.25, -0.2) is 8.91 Å². The number of halogens is 1. The summed E-state index contributed by atoms with van der Waals surface area (Å²) in [4.78, 5) is 14.4. The smallest absolute Gasteiger partial charge is 0.271 e. The van der Waals surface area contributed by atoms with Crippen LogP contribution in [0.2, 0.25) is 0 Å². The van der Waals surface area contributed by atoms with Crippen molar-refractivity contribution in [2.75, 3.05) is 0 Å². The average Bonchev–Trinajstić information content (AvgIpc) is 3.16. The maximum atomic E-state index is 14.2. The van der Waals surface area contributed by atoms with Crippen LogP contribution in [-0.4, -0.2) is 24.1 Å². The summed E-state index contributed by atoms with van der Waals surface area (Å²) >= 11 is 0. The van der Waals surface area contributed by atoms with Crippen LogP contribution >= 0.6 is 0 Å². The van der Waals surface area contributed by atoms with Crippen molar-refractivity contribution in [2.45, 2.75) is 0 Å². The molecule has 0 saturated carbocycles. The van der Waals surface area contributed by atoms with Crippen molar-refractivity contribution in [3.63, 3.8) is 0 Å². The summed E-state index contributed by atoms with van der Waals surface area (Å²) in [5.41, 5.74) is 2.01. The number of pyridine rings is 1. The number of hydrogen-bond acceptors (Lipinski definition) is 4. The van der Waals surface area contributed by atoms with E-state index in [-0.39, 0.29) is 11.4 Å². The predicted octanol–water partition coefficient (Wildman–Crippen LogP) is 3.23. The third kappa shape index (κ3) is 2.21. The summed E-state index contributed by atoms with van der Waals surface area (Å²) in [6, 6.07) is 8.86. The van der Waals surface area contributed by atoms with Crippen LogP contribution in [0.3, 0.4) is 0 Å². The van der Waals surface area contributed by atoms with Gasteiger partial charge in [-0.2, -0.15) is 5.10 Å². The van der Waals surface area contributed by atoms with Crippen LogP contribution in [0.4, 0.5) is 10.1 Å². The van der Waals surface area contributed by atoms with Crippen molar-refractivity contribution in [3.05, 3.63) is 77.1 Å². The minimum atomic E-state index is -0.554. The van der Waals surface area contributed by atoms with Crippen LogP contribution in [0.5, 0.6) is 0 Å². The molecule has 4 rings (SSSR count). The Bertz CT molecular complexity index is 1050. The Kier molecular flexibility index (Phi) is 3.09. The lowest BCUT2D eigenvalue weighted by atomic mass is 10.2. The zero-order valence-electron chi connectivity index (χ0n) is 12.2. The van der Waals surface area contributed by atoms with Crippen LogP contribution in [-0.2, 0) is 0 Å². The second-order valence-corrected chi connectivity index (χ2v) is 5.14. The Morgan fingerprint density at radius 1 is 1.17 bits per heavy atom.